The third-order valence-corrected chi connectivity index (χ3v) is 5.59. The lowest BCUT2D eigenvalue weighted by atomic mass is 10.0. The van der Waals surface area contributed by atoms with E-state index in [0.29, 0.717) is 0 Å². The van der Waals surface area contributed by atoms with Crippen LogP contribution in [0.1, 0.15) is 25.0 Å². The minimum absolute atomic E-state index is 0.0501. The smallest absolute Gasteiger partial charge is 0.408 e. The lowest BCUT2D eigenvalue weighted by molar-refractivity contribution is -0.141. The van der Waals surface area contributed by atoms with Crippen molar-refractivity contribution in [3.8, 4) is 0 Å². The van der Waals surface area contributed by atoms with Gasteiger partial charge in [-0.3, -0.25) is 9.59 Å². The Balaban J connectivity index is 1.51. The fraction of sp³-hybridized carbons (Fsp3) is 0.308. The summed E-state index contributed by atoms with van der Waals surface area (Å²) < 4.78 is 5.17. The molecule has 190 valence electrons. The molecule has 10 nitrogen and oxygen atoms in total. The van der Waals surface area contributed by atoms with E-state index in [1.54, 1.807) is 32.2 Å². The van der Waals surface area contributed by atoms with Gasteiger partial charge >= 0.3 is 12.1 Å². The number of carboxylic acids is 1. The lowest BCUT2D eigenvalue weighted by Gasteiger charge is -2.21. The Bertz CT molecular complexity index is 1210. The first-order chi connectivity index (χ1) is 17.2. The van der Waals surface area contributed by atoms with Crippen molar-refractivity contribution in [2.75, 3.05) is 6.54 Å². The number of nitrogens with one attached hydrogen (secondary N) is 4. The average molecular weight is 495 g/mol. The molecule has 0 radical (unpaired) electrons. The fourth-order valence-corrected chi connectivity index (χ4v) is 3.67. The second kappa shape index (κ2) is 12.4. The number of fused-ring (bicyclic) bond motifs is 1. The number of hydrogen-bond donors (Lipinski definition) is 5. The lowest BCUT2D eigenvalue weighted by Crippen LogP contribution is -2.52. The maximum absolute atomic E-state index is 12.6. The van der Waals surface area contributed by atoms with Crippen molar-refractivity contribution >= 4 is 34.8 Å². The van der Waals surface area contributed by atoms with Crippen molar-refractivity contribution in [3.63, 3.8) is 0 Å². The number of amides is 3. The minimum Gasteiger partial charge on any atom is -0.480 e. The summed E-state index contributed by atoms with van der Waals surface area (Å²) in [5.74, 6) is -2.72. The van der Waals surface area contributed by atoms with Crippen molar-refractivity contribution in [3.05, 3.63) is 71.9 Å². The van der Waals surface area contributed by atoms with Crippen LogP contribution in [0.3, 0.4) is 0 Å². The first-order valence-electron chi connectivity index (χ1n) is 11.6. The van der Waals surface area contributed by atoms with E-state index in [0.717, 1.165) is 22.0 Å². The number of benzene rings is 2. The Morgan fingerprint density at radius 2 is 1.67 bits per heavy atom. The van der Waals surface area contributed by atoms with Crippen molar-refractivity contribution in [1.29, 1.82) is 0 Å². The largest absolute Gasteiger partial charge is 0.480 e. The number of carboxylic acid groups (broad SMARTS) is 1. The van der Waals surface area contributed by atoms with Crippen LogP contribution >= 0.6 is 0 Å². The summed E-state index contributed by atoms with van der Waals surface area (Å²) in [6.45, 7) is 3.09. The summed E-state index contributed by atoms with van der Waals surface area (Å²) in [5, 5.41) is 17.9. The molecule has 3 amide bonds. The summed E-state index contributed by atoms with van der Waals surface area (Å²) >= 11 is 0. The highest BCUT2D eigenvalue weighted by atomic mass is 16.5. The predicted octanol–water partition coefficient (Wildman–Crippen LogP) is 2.35. The maximum Gasteiger partial charge on any atom is 0.408 e. The molecule has 0 bridgehead atoms. The van der Waals surface area contributed by atoms with Crippen molar-refractivity contribution in [2.45, 2.75) is 39.0 Å². The molecule has 10 heteroatoms. The number of hydrogen-bond acceptors (Lipinski definition) is 5. The zero-order valence-electron chi connectivity index (χ0n) is 20.1. The number of H-pyrrole nitrogens is 1. The van der Waals surface area contributed by atoms with Gasteiger partial charge in [-0.25, -0.2) is 9.59 Å². The van der Waals surface area contributed by atoms with Crippen molar-refractivity contribution < 1.29 is 29.0 Å². The highest BCUT2D eigenvalue weighted by Gasteiger charge is 2.26. The van der Waals surface area contributed by atoms with Gasteiger partial charge in [0.1, 0.15) is 18.7 Å². The number of aromatic nitrogens is 1. The Labute approximate surface area is 208 Å². The summed E-state index contributed by atoms with van der Waals surface area (Å²) in [7, 11) is 0. The Morgan fingerprint density at radius 1 is 0.972 bits per heavy atom. The molecule has 0 aliphatic rings. The van der Waals surface area contributed by atoms with E-state index >= 15 is 0 Å². The summed E-state index contributed by atoms with van der Waals surface area (Å²) in [5.41, 5.74) is 2.42. The molecule has 0 aliphatic heterocycles. The molecule has 0 saturated heterocycles. The first-order valence-corrected chi connectivity index (χ1v) is 11.6. The van der Waals surface area contributed by atoms with E-state index in [2.05, 4.69) is 20.9 Å². The maximum atomic E-state index is 12.6. The Hall–Kier alpha value is -4.34. The molecule has 5 N–H and O–H groups in total. The van der Waals surface area contributed by atoms with Gasteiger partial charge in [0.15, 0.2) is 0 Å². The SMILES string of the molecule is CC(C)[C@@H](NC(=O)OCc1ccccc1)C(=O)NCC(=O)N[C@@H](Cc1c[nH]c2ccccc12)C(=O)O. The quantitative estimate of drug-likeness (QED) is 0.276. The normalized spacial score (nSPS) is 12.5. The summed E-state index contributed by atoms with van der Waals surface area (Å²) in [6.07, 6.45) is 1.02. The number of alkyl carbamates (subject to hydrolysis) is 1. The third kappa shape index (κ3) is 7.33. The van der Waals surface area contributed by atoms with Crippen LogP contribution in [-0.2, 0) is 32.1 Å². The third-order valence-electron chi connectivity index (χ3n) is 5.59. The van der Waals surface area contributed by atoms with Crippen LogP contribution in [0.4, 0.5) is 4.79 Å². The monoisotopic (exact) mass is 494 g/mol. The summed E-state index contributed by atoms with van der Waals surface area (Å²) in [4.78, 5) is 52.1. The molecule has 1 aromatic heterocycles. The van der Waals surface area contributed by atoms with Gasteiger partial charge in [0.2, 0.25) is 11.8 Å². The van der Waals surface area contributed by atoms with Crippen LogP contribution in [0, 0.1) is 5.92 Å². The molecule has 3 rings (SSSR count). The summed E-state index contributed by atoms with van der Waals surface area (Å²) in [6, 6.07) is 14.4. The first kappa shape index (κ1) is 26.3. The van der Waals surface area contributed by atoms with Crippen LogP contribution in [0.2, 0.25) is 0 Å². The van der Waals surface area contributed by atoms with Gasteiger partial charge in [-0.15, -0.1) is 0 Å². The van der Waals surface area contributed by atoms with Crippen molar-refractivity contribution in [2.24, 2.45) is 5.92 Å². The van der Waals surface area contributed by atoms with Crippen LogP contribution in [0.5, 0.6) is 0 Å². The number of ether oxygens (including phenoxy) is 1. The number of carbonyl (C=O) groups excluding carboxylic acids is 3. The topological polar surface area (TPSA) is 150 Å². The average Bonchev–Trinajstić information content (AvgIpc) is 3.27. The molecule has 1 heterocycles. The number of aromatic amines is 1. The van der Waals surface area contributed by atoms with Gasteiger partial charge in [-0.05, 0) is 23.1 Å². The number of rotatable bonds is 11. The van der Waals surface area contributed by atoms with E-state index in [-0.39, 0.29) is 18.9 Å². The zero-order valence-corrected chi connectivity index (χ0v) is 20.1. The van der Waals surface area contributed by atoms with Crippen molar-refractivity contribution in [1.82, 2.24) is 20.9 Å². The highest BCUT2D eigenvalue weighted by Crippen LogP contribution is 2.19. The van der Waals surface area contributed by atoms with Crippen LogP contribution < -0.4 is 16.0 Å². The predicted molar refractivity (Wildman–Crippen MR) is 133 cm³/mol. The Kier molecular flexibility index (Phi) is 9.04. The molecular formula is C26H30N4O6. The number of aliphatic carboxylic acids is 1. The number of para-hydroxylation sites is 1. The van der Waals surface area contributed by atoms with Gasteiger partial charge in [-0.1, -0.05) is 62.4 Å². The van der Waals surface area contributed by atoms with Gasteiger partial charge in [-0.2, -0.15) is 0 Å². The molecule has 2 aromatic carbocycles. The van der Waals surface area contributed by atoms with Gasteiger partial charge in [0.25, 0.3) is 0 Å². The second-order valence-corrected chi connectivity index (χ2v) is 8.67. The van der Waals surface area contributed by atoms with E-state index in [9.17, 15) is 24.3 Å². The number of carbonyl (C=O) groups is 4. The highest BCUT2D eigenvalue weighted by molar-refractivity contribution is 5.91. The molecule has 0 unspecified atom stereocenters. The van der Waals surface area contributed by atoms with E-state index in [1.165, 1.54) is 0 Å². The van der Waals surface area contributed by atoms with Crippen LogP contribution in [-0.4, -0.2) is 52.6 Å². The van der Waals surface area contributed by atoms with Crippen LogP contribution in [0.25, 0.3) is 10.9 Å². The molecule has 2 atom stereocenters. The van der Waals surface area contributed by atoms with Gasteiger partial charge in [0.05, 0.1) is 6.54 Å². The molecule has 0 aliphatic carbocycles. The van der Waals surface area contributed by atoms with Crippen LogP contribution in [0.15, 0.2) is 60.8 Å². The second-order valence-electron chi connectivity index (χ2n) is 8.67. The molecule has 0 fully saturated rings. The molecule has 0 saturated carbocycles. The standard InChI is InChI=1S/C26H30N4O6/c1-16(2)23(30-26(35)36-15-17-8-4-3-5-9-17)24(32)28-14-22(31)29-21(25(33)34)12-18-13-27-20-11-7-6-10-19(18)20/h3-11,13,16,21,23,27H,12,14-15H2,1-2H3,(H,28,32)(H,29,31)(H,30,35)(H,33,34)/t21-,23+/m0/s1. The Morgan fingerprint density at radius 3 is 2.36 bits per heavy atom. The molecule has 3 aromatic rings. The van der Waals surface area contributed by atoms with E-state index in [4.69, 9.17) is 4.74 Å². The van der Waals surface area contributed by atoms with Gasteiger partial charge in [0, 0.05) is 23.5 Å². The molecular weight excluding hydrogens is 464 g/mol. The molecule has 0 spiro atoms. The minimum atomic E-state index is -1.19. The zero-order chi connectivity index (χ0) is 26.1. The fourth-order valence-electron chi connectivity index (χ4n) is 3.67. The molecule has 36 heavy (non-hydrogen) atoms. The van der Waals surface area contributed by atoms with E-state index < -0.39 is 42.5 Å². The van der Waals surface area contributed by atoms with E-state index in [1.807, 2.05) is 42.5 Å². The van der Waals surface area contributed by atoms with Gasteiger partial charge < -0.3 is 30.8 Å².